The number of primary amides is 1. The normalized spacial score (nSPS) is 11.5. The number of carboxylic acids is 1. The monoisotopic (exact) mass is 299 g/mol. The van der Waals surface area contributed by atoms with Crippen LogP contribution < -0.4 is 11.1 Å². The molecule has 0 fully saturated rings. The zero-order chi connectivity index (χ0) is 15.3. The molecule has 0 heterocycles. The van der Waals surface area contributed by atoms with Gasteiger partial charge in [-0.3, -0.25) is 4.79 Å². The van der Waals surface area contributed by atoms with Gasteiger partial charge >= 0.3 is 12.0 Å². The number of amides is 3. The third kappa shape index (κ3) is 4.13. The molecule has 108 valence electrons. The Morgan fingerprint density at radius 2 is 2.00 bits per heavy atom. The van der Waals surface area contributed by atoms with Crippen LogP contribution in [0.4, 0.5) is 4.79 Å². The molecule has 0 aromatic heterocycles. The Morgan fingerprint density at radius 3 is 2.50 bits per heavy atom. The van der Waals surface area contributed by atoms with E-state index in [0.717, 1.165) is 4.90 Å². The smallest absolute Gasteiger partial charge is 0.331 e. The van der Waals surface area contributed by atoms with Crippen LogP contribution in [0.25, 0.3) is 0 Å². The van der Waals surface area contributed by atoms with Gasteiger partial charge in [-0.2, -0.15) is 0 Å². The van der Waals surface area contributed by atoms with Crippen molar-refractivity contribution in [1.82, 2.24) is 10.2 Å². The Bertz CT molecular complexity index is 535. The second-order valence-corrected chi connectivity index (χ2v) is 4.47. The number of carbonyl (C=O) groups excluding carboxylic acids is 2. The number of nitrogens with two attached hydrogens (primary N) is 1. The first-order chi connectivity index (χ1) is 9.32. The molecule has 8 heteroatoms. The van der Waals surface area contributed by atoms with E-state index in [0.29, 0.717) is 0 Å². The number of hydrogen-bond donors (Lipinski definition) is 3. The molecular formula is C12H14ClN3O4. The fourth-order valence-corrected chi connectivity index (χ4v) is 1.77. The van der Waals surface area contributed by atoms with E-state index in [1.165, 1.54) is 19.2 Å². The standard InChI is InChI=1S/C12H14ClN3O4/c1-16(6-9(14)17)12(20)15-10(11(18)19)7-4-2-3-5-8(7)13/h2-5,10H,6H2,1H3,(H2,14,17)(H,15,20)(H,18,19)/t10-/m1/s1. The van der Waals surface area contributed by atoms with Gasteiger partial charge in [0.15, 0.2) is 6.04 Å². The van der Waals surface area contributed by atoms with Crippen LogP contribution in [0.2, 0.25) is 5.02 Å². The number of benzene rings is 1. The van der Waals surface area contributed by atoms with Crippen LogP contribution in [-0.4, -0.2) is 41.5 Å². The lowest BCUT2D eigenvalue weighted by Crippen LogP contribution is -2.45. The third-order valence-corrected chi connectivity index (χ3v) is 2.81. The van der Waals surface area contributed by atoms with Crippen LogP contribution in [0.3, 0.4) is 0 Å². The van der Waals surface area contributed by atoms with Gasteiger partial charge in [0.2, 0.25) is 5.91 Å². The number of aliphatic carboxylic acids is 1. The average molecular weight is 300 g/mol. The molecule has 0 unspecified atom stereocenters. The minimum atomic E-state index is -1.31. The van der Waals surface area contributed by atoms with E-state index in [-0.39, 0.29) is 17.1 Å². The molecule has 1 aromatic rings. The molecule has 0 spiro atoms. The number of rotatable bonds is 5. The quantitative estimate of drug-likeness (QED) is 0.738. The summed E-state index contributed by atoms with van der Waals surface area (Å²) in [6.45, 7) is -0.319. The Labute approximate surface area is 120 Å². The van der Waals surface area contributed by atoms with E-state index in [1.807, 2.05) is 0 Å². The molecule has 4 N–H and O–H groups in total. The van der Waals surface area contributed by atoms with Gasteiger partial charge in [0, 0.05) is 17.6 Å². The summed E-state index contributed by atoms with van der Waals surface area (Å²) in [6, 6.07) is 4.21. The fourth-order valence-electron chi connectivity index (χ4n) is 1.52. The molecule has 0 radical (unpaired) electrons. The summed E-state index contributed by atoms with van der Waals surface area (Å²) in [6.07, 6.45) is 0. The van der Waals surface area contributed by atoms with Crippen molar-refractivity contribution in [2.24, 2.45) is 5.73 Å². The van der Waals surface area contributed by atoms with Crippen molar-refractivity contribution >= 4 is 29.5 Å². The van der Waals surface area contributed by atoms with Crippen LogP contribution in [0.5, 0.6) is 0 Å². The summed E-state index contributed by atoms with van der Waals surface area (Å²) < 4.78 is 0. The highest BCUT2D eigenvalue weighted by Crippen LogP contribution is 2.22. The second kappa shape index (κ2) is 6.76. The first kappa shape index (κ1) is 15.8. The van der Waals surface area contributed by atoms with Gasteiger partial charge in [0.05, 0.1) is 0 Å². The van der Waals surface area contributed by atoms with Crippen molar-refractivity contribution in [3.05, 3.63) is 34.9 Å². The highest BCUT2D eigenvalue weighted by molar-refractivity contribution is 6.31. The molecule has 0 saturated heterocycles. The minimum Gasteiger partial charge on any atom is -0.479 e. The molecule has 3 amide bonds. The van der Waals surface area contributed by atoms with Gasteiger partial charge in [-0.1, -0.05) is 29.8 Å². The summed E-state index contributed by atoms with van der Waals surface area (Å²) in [5.74, 6) is -1.97. The summed E-state index contributed by atoms with van der Waals surface area (Å²) in [4.78, 5) is 34.7. The molecule has 7 nitrogen and oxygen atoms in total. The van der Waals surface area contributed by atoms with Gasteiger partial charge in [-0.25, -0.2) is 9.59 Å². The van der Waals surface area contributed by atoms with Crippen LogP contribution in [0, 0.1) is 0 Å². The van der Waals surface area contributed by atoms with E-state index >= 15 is 0 Å². The van der Waals surface area contributed by atoms with Crippen molar-refractivity contribution in [2.45, 2.75) is 6.04 Å². The highest BCUT2D eigenvalue weighted by atomic mass is 35.5. The lowest BCUT2D eigenvalue weighted by Gasteiger charge is -2.21. The number of nitrogens with zero attached hydrogens (tertiary/aromatic N) is 1. The molecule has 0 aliphatic carbocycles. The minimum absolute atomic E-state index is 0.220. The van der Waals surface area contributed by atoms with Crippen molar-refractivity contribution < 1.29 is 19.5 Å². The molecule has 1 atom stereocenters. The van der Waals surface area contributed by atoms with Gasteiger partial charge in [0.1, 0.15) is 6.54 Å². The molecule has 0 aliphatic rings. The highest BCUT2D eigenvalue weighted by Gasteiger charge is 2.25. The first-order valence-electron chi connectivity index (χ1n) is 5.60. The summed E-state index contributed by atoms with van der Waals surface area (Å²) in [5.41, 5.74) is 5.21. The Hall–Kier alpha value is -2.28. The Kier molecular flexibility index (Phi) is 5.33. The van der Waals surface area contributed by atoms with Crippen LogP contribution in [-0.2, 0) is 9.59 Å². The maximum absolute atomic E-state index is 11.8. The zero-order valence-electron chi connectivity index (χ0n) is 10.7. The zero-order valence-corrected chi connectivity index (χ0v) is 11.4. The van der Waals surface area contributed by atoms with Crippen molar-refractivity contribution in [3.8, 4) is 0 Å². The number of halogens is 1. The van der Waals surface area contributed by atoms with Gasteiger partial charge in [-0.05, 0) is 6.07 Å². The lowest BCUT2D eigenvalue weighted by atomic mass is 10.1. The predicted molar refractivity (Wildman–Crippen MR) is 72.2 cm³/mol. The number of hydrogen-bond acceptors (Lipinski definition) is 3. The molecule has 1 aromatic carbocycles. The van der Waals surface area contributed by atoms with E-state index in [4.69, 9.17) is 17.3 Å². The second-order valence-electron chi connectivity index (χ2n) is 4.06. The Balaban J connectivity index is 2.89. The van der Waals surface area contributed by atoms with Crippen LogP contribution in [0.1, 0.15) is 11.6 Å². The summed E-state index contributed by atoms with van der Waals surface area (Å²) in [7, 11) is 1.33. The van der Waals surface area contributed by atoms with E-state index in [9.17, 15) is 19.5 Å². The van der Waals surface area contributed by atoms with Gasteiger partial charge in [0.25, 0.3) is 0 Å². The van der Waals surface area contributed by atoms with Gasteiger partial charge in [-0.15, -0.1) is 0 Å². The largest absolute Gasteiger partial charge is 0.479 e. The molecule has 20 heavy (non-hydrogen) atoms. The third-order valence-electron chi connectivity index (χ3n) is 2.47. The maximum atomic E-state index is 11.8. The average Bonchev–Trinajstić information content (AvgIpc) is 2.35. The number of likely N-dealkylation sites (N-methyl/N-ethyl adjacent to an activating group) is 1. The maximum Gasteiger partial charge on any atom is 0.331 e. The number of nitrogens with one attached hydrogen (secondary N) is 1. The number of carbonyl (C=O) groups is 3. The molecule has 0 saturated carbocycles. The summed E-state index contributed by atoms with van der Waals surface area (Å²) in [5, 5.41) is 11.7. The van der Waals surface area contributed by atoms with E-state index in [1.54, 1.807) is 12.1 Å². The molecule has 1 rings (SSSR count). The van der Waals surface area contributed by atoms with E-state index < -0.39 is 23.9 Å². The lowest BCUT2D eigenvalue weighted by molar-refractivity contribution is -0.139. The topological polar surface area (TPSA) is 113 Å². The summed E-state index contributed by atoms with van der Waals surface area (Å²) >= 11 is 5.91. The van der Waals surface area contributed by atoms with Crippen molar-refractivity contribution in [2.75, 3.05) is 13.6 Å². The Morgan fingerprint density at radius 1 is 1.40 bits per heavy atom. The number of carboxylic acid groups (broad SMARTS) is 1. The van der Waals surface area contributed by atoms with Crippen LogP contribution in [0.15, 0.2) is 24.3 Å². The molecule has 0 bridgehead atoms. The SMILES string of the molecule is CN(CC(N)=O)C(=O)N[C@@H](C(=O)O)c1ccccc1Cl. The fraction of sp³-hybridized carbons (Fsp3) is 0.250. The predicted octanol–water partition coefficient (Wildman–Crippen LogP) is 0.592. The van der Waals surface area contributed by atoms with Gasteiger partial charge < -0.3 is 21.1 Å². The van der Waals surface area contributed by atoms with E-state index in [2.05, 4.69) is 5.32 Å². The van der Waals surface area contributed by atoms with Crippen LogP contribution >= 0.6 is 11.6 Å². The molecular weight excluding hydrogens is 286 g/mol. The van der Waals surface area contributed by atoms with Crippen molar-refractivity contribution in [3.63, 3.8) is 0 Å². The number of urea groups is 1. The van der Waals surface area contributed by atoms with Crippen molar-refractivity contribution in [1.29, 1.82) is 0 Å². The first-order valence-corrected chi connectivity index (χ1v) is 5.98. The molecule has 0 aliphatic heterocycles.